The lowest BCUT2D eigenvalue weighted by Crippen LogP contribution is -2.52. The molecule has 1 atom stereocenters. The smallest absolute Gasteiger partial charge is 0.273 e. The Bertz CT molecular complexity index is 772. The Kier molecular flexibility index (Phi) is 5.05. The van der Waals surface area contributed by atoms with Crippen molar-refractivity contribution in [1.29, 1.82) is 0 Å². The Labute approximate surface area is 146 Å². The summed E-state index contributed by atoms with van der Waals surface area (Å²) < 4.78 is 23.2. The van der Waals surface area contributed by atoms with Gasteiger partial charge in [-0.25, -0.2) is 8.42 Å². The molecule has 9 heteroatoms. The number of sulfone groups is 1. The molecule has 0 bridgehead atoms. The highest BCUT2D eigenvalue weighted by Crippen LogP contribution is 2.21. The number of nitro benzene ring substituents is 1. The first kappa shape index (κ1) is 17.8. The summed E-state index contributed by atoms with van der Waals surface area (Å²) in [5.41, 5.74) is 0.382. The van der Waals surface area contributed by atoms with E-state index in [9.17, 15) is 23.3 Å². The molecule has 2 heterocycles. The largest absolute Gasteiger partial charge is 0.340 e. The summed E-state index contributed by atoms with van der Waals surface area (Å²) in [6.45, 7) is 2.33. The van der Waals surface area contributed by atoms with Crippen LogP contribution in [0.15, 0.2) is 24.3 Å². The van der Waals surface area contributed by atoms with Crippen LogP contribution in [-0.4, -0.2) is 72.8 Å². The second-order valence-electron chi connectivity index (χ2n) is 6.54. The number of nitro groups is 1. The highest BCUT2D eigenvalue weighted by atomic mass is 32.2. The Balaban J connectivity index is 1.56. The second kappa shape index (κ2) is 7.09. The minimum atomic E-state index is -2.91. The summed E-state index contributed by atoms with van der Waals surface area (Å²) in [5.74, 6) is 0.319. The fourth-order valence-electron chi connectivity index (χ4n) is 3.51. The summed E-state index contributed by atoms with van der Waals surface area (Å²) in [6.07, 6.45) is 0.668. The van der Waals surface area contributed by atoms with Gasteiger partial charge in [-0.15, -0.1) is 0 Å². The molecule has 2 fully saturated rings. The molecule has 136 valence electrons. The fourth-order valence-corrected chi connectivity index (χ4v) is 5.27. The summed E-state index contributed by atoms with van der Waals surface area (Å²) in [6, 6.07) is 6.34. The minimum Gasteiger partial charge on any atom is -0.340 e. The van der Waals surface area contributed by atoms with Crippen LogP contribution >= 0.6 is 0 Å². The Morgan fingerprint density at radius 1 is 1.20 bits per heavy atom. The molecule has 25 heavy (non-hydrogen) atoms. The van der Waals surface area contributed by atoms with E-state index in [4.69, 9.17) is 0 Å². The maximum absolute atomic E-state index is 12.5. The van der Waals surface area contributed by atoms with Crippen LogP contribution in [0.2, 0.25) is 0 Å². The van der Waals surface area contributed by atoms with Gasteiger partial charge in [-0.1, -0.05) is 18.2 Å². The lowest BCUT2D eigenvalue weighted by atomic mass is 10.1. The van der Waals surface area contributed by atoms with Gasteiger partial charge in [-0.2, -0.15) is 0 Å². The third-order valence-electron chi connectivity index (χ3n) is 4.92. The molecule has 1 amide bonds. The van der Waals surface area contributed by atoms with E-state index in [1.807, 2.05) is 0 Å². The molecule has 0 radical (unpaired) electrons. The van der Waals surface area contributed by atoms with Gasteiger partial charge in [0.2, 0.25) is 5.91 Å². The van der Waals surface area contributed by atoms with Crippen molar-refractivity contribution in [1.82, 2.24) is 9.80 Å². The third-order valence-corrected chi connectivity index (χ3v) is 6.67. The van der Waals surface area contributed by atoms with Gasteiger partial charge in [0, 0.05) is 43.9 Å². The third kappa shape index (κ3) is 4.16. The first-order valence-electron chi connectivity index (χ1n) is 8.30. The number of amides is 1. The van der Waals surface area contributed by atoms with Crippen molar-refractivity contribution in [2.45, 2.75) is 18.9 Å². The molecule has 0 aliphatic carbocycles. The number of para-hydroxylation sites is 1. The van der Waals surface area contributed by atoms with E-state index in [0.717, 1.165) is 0 Å². The first-order chi connectivity index (χ1) is 11.9. The van der Waals surface area contributed by atoms with Crippen LogP contribution in [-0.2, 0) is 21.1 Å². The molecule has 0 aromatic heterocycles. The van der Waals surface area contributed by atoms with E-state index in [1.54, 1.807) is 23.1 Å². The van der Waals surface area contributed by atoms with Crippen LogP contribution < -0.4 is 0 Å². The lowest BCUT2D eigenvalue weighted by molar-refractivity contribution is -0.385. The van der Waals surface area contributed by atoms with Crippen LogP contribution in [0.3, 0.4) is 0 Å². The van der Waals surface area contributed by atoms with E-state index in [0.29, 0.717) is 38.2 Å². The molecule has 0 saturated carbocycles. The standard InChI is InChI=1S/C16H21N3O5S/c20-16(11-13-3-1-2-4-15(13)19(21)22)18-8-6-17(7-9-18)14-5-10-25(23,24)12-14/h1-4,14H,5-12H2. The summed E-state index contributed by atoms with van der Waals surface area (Å²) >= 11 is 0. The molecule has 0 spiro atoms. The van der Waals surface area contributed by atoms with Gasteiger partial charge in [0.15, 0.2) is 9.84 Å². The number of hydrogen-bond donors (Lipinski definition) is 0. The molecule has 8 nitrogen and oxygen atoms in total. The number of nitrogens with zero attached hydrogens (tertiary/aromatic N) is 3. The minimum absolute atomic E-state index is 0.00889. The first-order valence-corrected chi connectivity index (χ1v) is 10.1. The number of hydrogen-bond acceptors (Lipinski definition) is 6. The summed E-state index contributed by atoms with van der Waals surface area (Å²) in [7, 11) is -2.91. The normalized spacial score (nSPS) is 23.5. The monoisotopic (exact) mass is 367 g/mol. The van der Waals surface area contributed by atoms with E-state index >= 15 is 0 Å². The van der Waals surface area contributed by atoms with Gasteiger partial charge in [0.05, 0.1) is 22.8 Å². The zero-order chi connectivity index (χ0) is 18.0. The Hall–Kier alpha value is -2.00. The SMILES string of the molecule is O=C(Cc1ccccc1[N+](=O)[O-])N1CCN(C2CCS(=O)(=O)C2)CC1. The fraction of sp³-hybridized carbons (Fsp3) is 0.562. The molecule has 3 rings (SSSR count). The van der Waals surface area contributed by atoms with Crippen LogP contribution in [0.4, 0.5) is 5.69 Å². The van der Waals surface area contributed by atoms with Crippen LogP contribution in [0, 0.1) is 10.1 Å². The van der Waals surface area contributed by atoms with Crippen molar-refractivity contribution in [3.63, 3.8) is 0 Å². The van der Waals surface area contributed by atoms with Crippen molar-refractivity contribution in [3.8, 4) is 0 Å². The van der Waals surface area contributed by atoms with Crippen LogP contribution in [0.1, 0.15) is 12.0 Å². The molecule has 0 N–H and O–H groups in total. The predicted octanol–water partition coefficient (Wildman–Crippen LogP) is 0.469. The zero-order valence-electron chi connectivity index (χ0n) is 13.8. The number of rotatable bonds is 4. The number of carbonyl (C=O) groups excluding carboxylic acids is 1. The quantitative estimate of drug-likeness (QED) is 0.566. The zero-order valence-corrected chi connectivity index (χ0v) is 14.7. The molecule has 1 unspecified atom stereocenters. The molecule has 1 aromatic rings. The van der Waals surface area contributed by atoms with E-state index < -0.39 is 14.8 Å². The molecule has 2 aliphatic rings. The van der Waals surface area contributed by atoms with Crippen molar-refractivity contribution in [3.05, 3.63) is 39.9 Å². The molecule has 2 saturated heterocycles. The number of piperazine rings is 1. The van der Waals surface area contributed by atoms with Gasteiger partial charge >= 0.3 is 0 Å². The van der Waals surface area contributed by atoms with Crippen LogP contribution in [0.5, 0.6) is 0 Å². The van der Waals surface area contributed by atoms with E-state index in [2.05, 4.69) is 4.90 Å². The van der Waals surface area contributed by atoms with Gasteiger partial charge < -0.3 is 4.90 Å². The highest BCUT2D eigenvalue weighted by molar-refractivity contribution is 7.91. The highest BCUT2D eigenvalue weighted by Gasteiger charge is 2.34. The average Bonchev–Trinajstić information content (AvgIpc) is 2.95. The number of carbonyl (C=O) groups is 1. The van der Waals surface area contributed by atoms with Crippen LogP contribution in [0.25, 0.3) is 0 Å². The number of benzene rings is 1. The molecule has 2 aliphatic heterocycles. The van der Waals surface area contributed by atoms with Gasteiger partial charge in [0.1, 0.15) is 0 Å². The second-order valence-corrected chi connectivity index (χ2v) is 8.76. The van der Waals surface area contributed by atoms with Crippen molar-refractivity contribution >= 4 is 21.4 Å². The predicted molar refractivity (Wildman–Crippen MR) is 92.0 cm³/mol. The molecule has 1 aromatic carbocycles. The summed E-state index contributed by atoms with van der Waals surface area (Å²) in [4.78, 5) is 26.9. The van der Waals surface area contributed by atoms with Gasteiger partial charge in [-0.3, -0.25) is 19.8 Å². The van der Waals surface area contributed by atoms with E-state index in [1.165, 1.54) is 6.07 Å². The van der Waals surface area contributed by atoms with Gasteiger partial charge in [-0.05, 0) is 6.42 Å². The average molecular weight is 367 g/mol. The van der Waals surface area contributed by atoms with E-state index in [-0.39, 0.29) is 35.6 Å². The topological polar surface area (TPSA) is 101 Å². The maximum atomic E-state index is 12.5. The Morgan fingerprint density at radius 3 is 2.48 bits per heavy atom. The van der Waals surface area contributed by atoms with Crippen molar-refractivity contribution < 1.29 is 18.1 Å². The van der Waals surface area contributed by atoms with Crippen molar-refractivity contribution in [2.24, 2.45) is 0 Å². The summed E-state index contributed by atoms with van der Waals surface area (Å²) in [5, 5.41) is 11.0. The van der Waals surface area contributed by atoms with Crippen molar-refractivity contribution in [2.75, 3.05) is 37.7 Å². The lowest BCUT2D eigenvalue weighted by Gasteiger charge is -2.37. The maximum Gasteiger partial charge on any atom is 0.273 e. The molecular weight excluding hydrogens is 346 g/mol. The molecular formula is C16H21N3O5S. The van der Waals surface area contributed by atoms with Gasteiger partial charge in [0.25, 0.3) is 5.69 Å². The Morgan fingerprint density at radius 2 is 1.88 bits per heavy atom.